The summed E-state index contributed by atoms with van der Waals surface area (Å²) in [7, 11) is -2.93. The minimum absolute atomic E-state index is 0.0439. The first kappa shape index (κ1) is 39.7. The zero-order valence-electron chi connectivity index (χ0n) is 34.0. The molecule has 3 aliphatic rings. The Hall–Kier alpha value is -6.14. The average Bonchev–Trinajstić information content (AvgIpc) is 3.76. The fraction of sp³-hybridized carbons (Fsp3) is 0.319. The van der Waals surface area contributed by atoms with Crippen molar-refractivity contribution in [3.8, 4) is 17.1 Å². The minimum Gasteiger partial charge on any atom is -0.534 e. The first-order chi connectivity index (χ1) is 28.3. The highest BCUT2D eigenvalue weighted by molar-refractivity contribution is 7.00. The maximum Gasteiger partial charge on any atom is 0.355 e. The largest absolute Gasteiger partial charge is 0.534 e. The van der Waals surface area contributed by atoms with Crippen molar-refractivity contribution in [3.05, 3.63) is 130 Å². The zero-order chi connectivity index (χ0) is 41.7. The molecule has 3 aromatic carbocycles. The molecule has 3 aliphatic heterocycles. The molecule has 2 amide bonds. The number of amides is 2. The van der Waals surface area contributed by atoms with Gasteiger partial charge in [-0.05, 0) is 70.9 Å². The Kier molecular flexibility index (Phi) is 10.2. The lowest BCUT2D eigenvalue weighted by Gasteiger charge is -2.43. The molecular weight excluding hydrogens is 763 g/mol. The molecule has 2 aromatic heterocycles. The highest BCUT2D eigenvalue weighted by Crippen LogP contribution is 2.43. The molecule has 59 heavy (non-hydrogen) atoms. The monoisotopic (exact) mass is 809 g/mol. The van der Waals surface area contributed by atoms with E-state index in [0.29, 0.717) is 36.2 Å². The molecule has 5 aromatic rings. The lowest BCUT2D eigenvalue weighted by molar-refractivity contribution is -0.189. The second-order valence-electron chi connectivity index (χ2n) is 16.4. The normalized spacial score (nSPS) is 17.2. The van der Waals surface area contributed by atoms with Gasteiger partial charge in [0.25, 0.3) is 17.4 Å². The van der Waals surface area contributed by atoms with Crippen LogP contribution in [-0.4, -0.2) is 53.1 Å². The van der Waals surface area contributed by atoms with Crippen LogP contribution in [0, 0.1) is 0 Å². The van der Waals surface area contributed by atoms with Gasteiger partial charge >= 0.3 is 20.3 Å². The lowest BCUT2D eigenvalue weighted by Crippen LogP contribution is -2.68. The van der Waals surface area contributed by atoms with Gasteiger partial charge in [0, 0.05) is 41.6 Å². The topological polar surface area (TPSA) is 134 Å². The van der Waals surface area contributed by atoms with E-state index in [1.54, 1.807) is 17.6 Å². The number of benzene rings is 3. The van der Waals surface area contributed by atoms with Gasteiger partial charge in [0.05, 0.1) is 29.0 Å². The second-order valence-corrected chi connectivity index (χ2v) is 20.6. The highest BCUT2D eigenvalue weighted by atomic mass is 28.4. The number of aromatic nitrogens is 2. The standard InChI is InChI=1S/C47H47N3O8Si/c1-6-33-34-26-30(58-59(46(3,4)5,31-16-10-8-11-17-31)32-18-12-9-13-19-32)21-22-38(34)48-43-35(33)28-50-39(43)27-37-36(44(50)54)29-56-45(55)47(37,7-2)57-42(53)20-14-15-25-49-40(51)23-24-41(49)52/h8-13,16-19,21-24,26-27H,6-7,14-15,20,25,28-29H2,1-5H3. The van der Waals surface area contributed by atoms with Gasteiger partial charge in [-0.2, -0.15) is 0 Å². The quantitative estimate of drug-likeness (QED) is 0.0611. The molecule has 1 unspecified atom stereocenters. The zero-order valence-corrected chi connectivity index (χ0v) is 35.0. The third kappa shape index (κ3) is 6.59. The third-order valence-electron chi connectivity index (χ3n) is 12.0. The van der Waals surface area contributed by atoms with E-state index in [1.165, 1.54) is 22.5 Å². The van der Waals surface area contributed by atoms with Crippen LogP contribution < -0.4 is 20.4 Å². The Balaban J connectivity index is 1.15. The van der Waals surface area contributed by atoms with Crippen LogP contribution >= 0.6 is 0 Å². The van der Waals surface area contributed by atoms with Crippen LogP contribution in [0.2, 0.25) is 5.04 Å². The van der Waals surface area contributed by atoms with E-state index in [2.05, 4.69) is 82.3 Å². The van der Waals surface area contributed by atoms with Crippen molar-refractivity contribution in [1.29, 1.82) is 0 Å². The second kappa shape index (κ2) is 15.2. The smallest absolute Gasteiger partial charge is 0.355 e. The van der Waals surface area contributed by atoms with Gasteiger partial charge in [0.15, 0.2) is 0 Å². The highest BCUT2D eigenvalue weighted by Gasteiger charge is 2.53. The molecule has 0 aliphatic carbocycles. The van der Waals surface area contributed by atoms with Gasteiger partial charge in [-0.15, -0.1) is 0 Å². The van der Waals surface area contributed by atoms with Gasteiger partial charge < -0.3 is 18.5 Å². The number of nitrogens with zero attached hydrogens (tertiary/aromatic N) is 3. The first-order valence-corrected chi connectivity index (χ1v) is 22.2. The molecule has 302 valence electrons. The third-order valence-corrected chi connectivity index (χ3v) is 16.9. The van der Waals surface area contributed by atoms with Gasteiger partial charge in [-0.1, -0.05) is 95.3 Å². The van der Waals surface area contributed by atoms with E-state index in [1.807, 2.05) is 24.3 Å². The van der Waals surface area contributed by atoms with E-state index in [9.17, 15) is 24.0 Å². The number of pyridine rings is 2. The Morgan fingerprint density at radius 2 is 1.53 bits per heavy atom. The molecule has 1 atom stereocenters. The van der Waals surface area contributed by atoms with Crippen molar-refractivity contribution in [2.45, 2.75) is 90.5 Å². The van der Waals surface area contributed by atoms with Crippen LogP contribution in [-0.2, 0) is 53.8 Å². The van der Waals surface area contributed by atoms with Crippen LogP contribution in [0.15, 0.2) is 102 Å². The number of cyclic esters (lactones) is 1. The molecular formula is C47H47N3O8Si. The predicted molar refractivity (Wildman–Crippen MR) is 226 cm³/mol. The molecule has 11 nitrogen and oxygen atoms in total. The van der Waals surface area contributed by atoms with E-state index < -0.39 is 25.9 Å². The number of hydrogen-bond donors (Lipinski definition) is 0. The van der Waals surface area contributed by atoms with Gasteiger partial charge in [-0.25, -0.2) is 9.78 Å². The summed E-state index contributed by atoms with van der Waals surface area (Å²) in [5.74, 6) is -1.42. The number of carbonyl (C=O) groups is 4. The average molecular weight is 810 g/mol. The van der Waals surface area contributed by atoms with Crippen LogP contribution in [0.25, 0.3) is 22.3 Å². The SMILES string of the molecule is CCc1c2c(nc3ccc(O[Si](c4ccccc4)(c4ccccc4)C(C)(C)C)cc13)-c1cc3c(c(=O)n1C2)COC(=O)C3(CC)OC(=O)CCCCN1C(=O)C=CC1=O. The fourth-order valence-corrected chi connectivity index (χ4v) is 13.4. The van der Waals surface area contributed by atoms with Crippen molar-refractivity contribution in [2.24, 2.45) is 0 Å². The van der Waals surface area contributed by atoms with Gasteiger partial charge in [0.1, 0.15) is 12.4 Å². The fourth-order valence-electron chi connectivity index (χ4n) is 9.03. The van der Waals surface area contributed by atoms with E-state index >= 15 is 0 Å². The van der Waals surface area contributed by atoms with Crippen LogP contribution in [0.1, 0.15) is 82.6 Å². The maximum atomic E-state index is 14.4. The van der Waals surface area contributed by atoms with Crippen molar-refractivity contribution < 1.29 is 33.1 Å². The molecule has 0 bridgehead atoms. The molecule has 5 heterocycles. The lowest BCUT2D eigenvalue weighted by atomic mass is 9.85. The van der Waals surface area contributed by atoms with E-state index in [0.717, 1.165) is 32.7 Å². The number of esters is 2. The molecule has 0 saturated carbocycles. The summed E-state index contributed by atoms with van der Waals surface area (Å²) in [6, 6.07) is 28.8. The number of rotatable bonds is 12. The van der Waals surface area contributed by atoms with Gasteiger partial charge in [0.2, 0.25) is 5.60 Å². The number of aryl methyl sites for hydroxylation is 1. The number of imide groups is 1. The Morgan fingerprint density at radius 1 is 0.864 bits per heavy atom. The van der Waals surface area contributed by atoms with Crippen molar-refractivity contribution in [2.75, 3.05) is 6.54 Å². The van der Waals surface area contributed by atoms with E-state index in [-0.39, 0.29) is 60.5 Å². The Morgan fingerprint density at radius 3 is 2.14 bits per heavy atom. The molecule has 0 N–H and O–H groups in total. The number of carbonyl (C=O) groups excluding carboxylic acids is 4. The predicted octanol–water partition coefficient (Wildman–Crippen LogP) is 6.23. The first-order valence-electron chi connectivity index (χ1n) is 20.3. The Bertz CT molecular complexity index is 2560. The number of hydrogen-bond acceptors (Lipinski definition) is 9. The molecule has 0 saturated heterocycles. The summed E-state index contributed by atoms with van der Waals surface area (Å²) in [6.07, 6.45) is 3.79. The van der Waals surface area contributed by atoms with E-state index in [4.69, 9.17) is 18.9 Å². The molecule has 0 spiro atoms. The summed E-state index contributed by atoms with van der Waals surface area (Å²) >= 11 is 0. The summed E-state index contributed by atoms with van der Waals surface area (Å²) in [5.41, 5.74) is 2.31. The Labute approximate surface area is 343 Å². The molecule has 12 heteroatoms. The van der Waals surface area contributed by atoms with Crippen molar-refractivity contribution >= 4 is 53.3 Å². The van der Waals surface area contributed by atoms with Crippen LogP contribution in [0.4, 0.5) is 0 Å². The summed E-state index contributed by atoms with van der Waals surface area (Å²) in [6.45, 7) is 10.8. The van der Waals surface area contributed by atoms with Crippen LogP contribution in [0.5, 0.6) is 5.75 Å². The number of fused-ring (bicyclic) bond motifs is 5. The summed E-state index contributed by atoms with van der Waals surface area (Å²) in [5, 5.41) is 3.04. The van der Waals surface area contributed by atoms with Crippen LogP contribution in [0.3, 0.4) is 0 Å². The minimum atomic E-state index is -2.93. The summed E-state index contributed by atoms with van der Waals surface area (Å²) in [4.78, 5) is 71.4. The maximum absolute atomic E-state index is 14.4. The number of ether oxygens (including phenoxy) is 2. The van der Waals surface area contributed by atoms with Gasteiger partial charge in [-0.3, -0.25) is 24.1 Å². The van der Waals surface area contributed by atoms with Crippen molar-refractivity contribution in [3.63, 3.8) is 0 Å². The molecule has 8 rings (SSSR count). The molecule has 0 radical (unpaired) electrons. The summed E-state index contributed by atoms with van der Waals surface area (Å²) < 4.78 is 20.6. The number of unbranched alkanes of at least 4 members (excludes halogenated alkanes) is 1. The van der Waals surface area contributed by atoms with Crippen molar-refractivity contribution in [1.82, 2.24) is 14.5 Å². The molecule has 0 fully saturated rings.